The fourth-order valence-electron chi connectivity index (χ4n) is 2.52. The molecule has 1 aromatic carbocycles. The second-order valence-electron chi connectivity index (χ2n) is 5.54. The zero-order valence-corrected chi connectivity index (χ0v) is 11.4. The SMILES string of the molecule is CCC(CC1CC1)NCc1c(C)cccc1C. The minimum absolute atomic E-state index is 0.710. The van der Waals surface area contributed by atoms with Crippen molar-refractivity contribution in [2.24, 2.45) is 5.92 Å². The molecule has 1 aromatic rings. The van der Waals surface area contributed by atoms with E-state index in [9.17, 15) is 0 Å². The van der Waals surface area contributed by atoms with E-state index in [0.29, 0.717) is 6.04 Å². The van der Waals surface area contributed by atoms with Gasteiger partial charge in [0.2, 0.25) is 0 Å². The van der Waals surface area contributed by atoms with Crippen LogP contribution in [0.3, 0.4) is 0 Å². The molecule has 94 valence electrons. The van der Waals surface area contributed by atoms with Gasteiger partial charge in [0.25, 0.3) is 0 Å². The van der Waals surface area contributed by atoms with Gasteiger partial charge in [0.1, 0.15) is 0 Å². The molecule has 1 nitrogen and oxygen atoms in total. The molecule has 1 heteroatoms. The van der Waals surface area contributed by atoms with Crippen molar-refractivity contribution in [2.75, 3.05) is 0 Å². The van der Waals surface area contributed by atoms with Gasteiger partial charge in [0.05, 0.1) is 0 Å². The first-order valence-electron chi connectivity index (χ1n) is 6.99. The minimum Gasteiger partial charge on any atom is -0.310 e. The first kappa shape index (κ1) is 12.6. The van der Waals surface area contributed by atoms with Crippen LogP contribution in [0.25, 0.3) is 0 Å². The highest BCUT2D eigenvalue weighted by Crippen LogP contribution is 2.34. The Labute approximate surface area is 106 Å². The van der Waals surface area contributed by atoms with Crippen LogP contribution in [0.15, 0.2) is 18.2 Å². The summed E-state index contributed by atoms with van der Waals surface area (Å²) in [5.41, 5.74) is 4.32. The van der Waals surface area contributed by atoms with Crippen LogP contribution in [0.2, 0.25) is 0 Å². The molecular formula is C16H25N. The number of hydrogen-bond donors (Lipinski definition) is 1. The molecule has 0 saturated heterocycles. The standard InChI is InChI=1S/C16H25N/c1-4-15(10-14-8-9-14)17-11-16-12(2)6-5-7-13(16)3/h5-7,14-15,17H,4,8-11H2,1-3H3. The lowest BCUT2D eigenvalue weighted by Gasteiger charge is -2.18. The molecule has 1 aliphatic rings. The Morgan fingerprint density at radius 2 is 1.88 bits per heavy atom. The number of rotatable bonds is 6. The van der Waals surface area contributed by atoms with E-state index in [4.69, 9.17) is 0 Å². The summed E-state index contributed by atoms with van der Waals surface area (Å²) in [5, 5.41) is 3.74. The zero-order chi connectivity index (χ0) is 12.3. The monoisotopic (exact) mass is 231 g/mol. The van der Waals surface area contributed by atoms with E-state index in [1.807, 2.05) is 0 Å². The zero-order valence-electron chi connectivity index (χ0n) is 11.4. The lowest BCUT2D eigenvalue weighted by molar-refractivity contribution is 0.444. The van der Waals surface area contributed by atoms with Gasteiger partial charge in [-0.15, -0.1) is 0 Å². The maximum atomic E-state index is 3.74. The van der Waals surface area contributed by atoms with Crippen LogP contribution < -0.4 is 5.32 Å². The van der Waals surface area contributed by atoms with Crippen LogP contribution in [-0.4, -0.2) is 6.04 Å². The molecule has 0 amide bonds. The summed E-state index contributed by atoms with van der Waals surface area (Å²) in [6.07, 6.45) is 5.55. The third kappa shape index (κ3) is 3.57. The van der Waals surface area contributed by atoms with Crippen molar-refractivity contribution in [1.29, 1.82) is 0 Å². The van der Waals surface area contributed by atoms with E-state index in [1.165, 1.54) is 42.4 Å². The Bertz CT molecular complexity index is 346. The van der Waals surface area contributed by atoms with E-state index >= 15 is 0 Å². The van der Waals surface area contributed by atoms with Gasteiger partial charge < -0.3 is 5.32 Å². The van der Waals surface area contributed by atoms with Crippen molar-refractivity contribution in [3.05, 3.63) is 34.9 Å². The van der Waals surface area contributed by atoms with Gasteiger partial charge in [-0.3, -0.25) is 0 Å². The average Bonchev–Trinajstić information content (AvgIpc) is 3.10. The molecule has 0 bridgehead atoms. The molecule has 17 heavy (non-hydrogen) atoms. The summed E-state index contributed by atoms with van der Waals surface area (Å²) in [7, 11) is 0. The summed E-state index contributed by atoms with van der Waals surface area (Å²) in [6, 6.07) is 7.29. The Hall–Kier alpha value is -0.820. The average molecular weight is 231 g/mol. The Balaban J connectivity index is 1.90. The largest absolute Gasteiger partial charge is 0.310 e. The smallest absolute Gasteiger partial charge is 0.0213 e. The molecule has 0 heterocycles. The van der Waals surface area contributed by atoms with Gasteiger partial charge in [-0.1, -0.05) is 38.0 Å². The molecule has 1 fully saturated rings. The van der Waals surface area contributed by atoms with Gasteiger partial charge >= 0.3 is 0 Å². The number of hydrogen-bond acceptors (Lipinski definition) is 1. The van der Waals surface area contributed by atoms with Crippen LogP contribution in [0.4, 0.5) is 0 Å². The molecule has 0 aliphatic heterocycles. The summed E-state index contributed by atoms with van der Waals surface area (Å²) in [4.78, 5) is 0. The Kier molecular flexibility index (Phi) is 4.22. The second kappa shape index (κ2) is 5.68. The predicted octanol–water partition coefficient (Wildman–Crippen LogP) is 3.97. The molecule has 2 rings (SSSR count). The van der Waals surface area contributed by atoms with Crippen molar-refractivity contribution in [2.45, 2.75) is 59.0 Å². The van der Waals surface area contributed by atoms with Crippen molar-refractivity contribution >= 4 is 0 Å². The normalized spacial score (nSPS) is 17.1. The maximum Gasteiger partial charge on any atom is 0.0213 e. The maximum absolute atomic E-state index is 3.74. The number of nitrogens with one attached hydrogen (secondary N) is 1. The van der Waals surface area contributed by atoms with E-state index in [2.05, 4.69) is 44.3 Å². The van der Waals surface area contributed by atoms with E-state index < -0.39 is 0 Å². The second-order valence-corrected chi connectivity index (χ2v) is 5.54. The Morgan fingerprint density at radius 3 is 2.41 bits per heavy atom. The summed E-state index contributed by atoms with van der Waals surface area (Å²) in [5.74, 6) is 1.02. The van der Waals surface area contributed by atoms with Crippen molar-refractivity contribution in [3.63, 3.8) is 0 Å². The number of aryl methyl sites for hydroxylation is 2. The van der Waals surface area contributed by atoms with Crippen LogP contribution in [0, 0.1) is 19.8 Å². The molecule has 0 radical (unpaired) electrons. The summed E-state index contributed by atoms with van der Waals surface area (Å²) in [6.45, 7) is 7.76. The minimum atomic E-state index is 0.710. The van der Waals surface area contributed by atoms with Crippen LogP contribution in [0.5, 0.6) is 0 Å². The molecule has 1 aliphatic carbocycles. The van der Waals surface area contributed by atoms with E-state index in [0.717, 1.165) is 12.5 Å². The Morgan fingerprint density at radius 1 is 1.24 bits per heavy atom. The highest BCUT2D eigenvalue weighted by molar-refractivity contribution is 5.33. The van der Waals surface area contributed by atoms with E-state index in [-0.39, 0.29) is 0 Å². The predicted molar refractivity (Wildman–Crippen MR) is 74.2 cm³/mol. The number of benzene rings is 1. The molecule has 1 unspecified atom stereocenters. The fourth-order valence-corrected chi connectivity index (χ4v) is 2.52. The molecule has 1 atom stereocenters. The summed E-state index contributed by atoms with van der Waals surface area (Å²) >= 11 is 0. The van der Waals surface area contributed by atoms with Gasteiger partial charge in [-0.2, -0.15) is 0 Å². The lowest BCUT2D eigenvalue weighted by Crippen LogP contribution is -2.29. The van der Waals surface area contributed by atoms with Crippen LogP contribution in [-0.2, 0) is 6.54 Å². The lowest BCUT2D eigenvalue weighted by atomic mass is 10.0. The molecule has 0 spiro atoms. The van der Waals surface area contributed by atoms with Gasteiger partial charge in [0, 0.05) is 12.6 Å². The topological polar surface area (TPSA) is 12.0 Å². The quantitative estimate of drug-likeness (QED) is 0.781. The third-order valence-electron chi connectivity index (χ3n) is 4.02. The van der Waals surface area contributed by atoms with Crippen LogP contribution in [0.1, 0.15) is 49.3 Å². The van der Waals surface area contributed by atoms with Gasteiger partial charge in [0.15, 0.2) is 0 Å². The first-order valence-corrected chi connectivity index (χ1v) is 6.99. The fraction of sp³-hybridized carbons (Fsp3) is 0.625. The van der Waals surface area contributed by atoms with Crippen molar-refractivity contribution in [3.8, 4) is 0 Å². The van der Waals surface area contributed by atoms with Gasteiger partial charge in [-0.05, 0) is 49.3 Å². The summed E-state index contributed by atoms with van der Waals surface area (Å²) < 4.78 is 0. The molecule has 1 N–H and O–H groups in total. The molecule has 0 aromatic heterocycles. The van der Waals surface area contributed by atoms with Crippen molar-refractivity contribution in [1.82, 2.24) is 5.32 Å². The van der Waals surface area contributed by atoms with Gasteiger partial charge in [-0.25, -0.2) is 0 Å². The van der Waals surface area contributed by atoms with Crippen LogP contribution >= 0.6 is 0 Å². The molecular weight excluding hydrogens is 206 g/mol. The third-order valence-corrected chi connectivity index (χ3v) is 4.02. The first-order chi connectivity index (χ1) is 8.20. The highest BCUT2D eigenvalue weighted by Gasteiger charge is 2.24. The molecule has 1 saturated carbocycles. The van der Waals surface area contributed by atoms with Crippen molar-refractivity contribution < 1.29 is 0 Å². The highest BCUT2D eigenvalue weighted by atomic mass is 14.9. The van der Waals surface area contributed by atoms with E-state index in [1.54, 1.807) is 0 Å².